The predicted molar refractivity (Wildman–Crippen MR) is 38.4 cm³/mol. The molecule has 0 atom stereocenters. The average molecular weight is 219 g/mol. The van der Waals surface area contributed by atoms with Crippen molar-refractivity contribution in [2.24, 2.45) is 0 Å². The van der Waals surface area contributed by atoms with Gasteiger partial charge in [-0.25, -0.2) is 4.79 Å². The Hall–Kier alpha value is -1.10. The molecule has 0 aliphatic rings. The summed E-state index contributed by atoms with van der Waals surface area (Å²) in [6.07, 6.45) is 1.24. The zero-order valence-corrected chi connectivity index (χ0v) is 6.79. The normalized spacial score (nSPS) is 9.55. The Labute approximate surface area is 69.9 Å². The first-order chi connectivity index (χ1) is 5.13. The van der Waals surface area contributed by atoms with Crippen molar-refractivity contribution < 1.29 is 19.1 Å². The fourth-order valence-corrected chi connectivity index (χ4v) is 0.934. The van der Waals surface area contributed by atoms with Crippen LogP contribution in [0.3, 0.4) is 0 Å². The molecular formula is C6H3BrO4. The number of carboxylic acids is 1. The molecule has 0 aliphatic heterocycles. The molecule has 0 bridgehead atoms. The third kappa shape index (κ3) is 1.48. The van der Waals surface area contributed by atoms with Gasteiger partial charge in [0.25, 0.3) is 0 Å². The number of rotatable bonds is 2. The molecule has 0 amide bonds. The maximum Gasteiger partial charge on any atom is 0.380 e. The van der Waals surface area contributed by atoms with Crippen molar-refractivity contribution in [3.63, 3.8) is 0 Å². The van der Waals surface area contributed by atoms with Crippen molar-refractivity contribution in [1.82, 2.24) is 0 Å². The van der Waals surface area contributed by atoms with Crippen LogP contribution in [0.25, 0.3) is 0 Å². The molecule has 1 aromatic heterocycles. The van der Waals surface area contributed by atoms with E-state index in [0.29, 0.717) is 4.47 Å². The van der Waals surface area contributed by atoms with E-state index in [1.165, 1.54) is 12.3 Å². The zero-order valence-electron chi connectivity index (χ0n) is 5.20. The van der Waals surface area contributed by atoms with Gasteiger partial charge in [-0.15, -0.1) is 0 Å². The van der Waals surface area contributed by atoms with Crippen LogP contribution in [-0.4, -0.2) is 16.9 Å². The van der Waals surface area contributed by atoms with E-state index < -0.39 is 11.8 Å². The molecule has 0 fully saturated rings. The minimum atomic E-state index is -1.53. The lowest BCUT2D eigenvalue weighted by Crippen LogP contribution is -2.11. The summed E-state index contributed by atoms with van der Waals surface area (Å²) < 4.78 is 4.96. The lowest BCUT2D eigenvalue weighted by atomic mass is 10.3. The Kier molecular flexibility index (Phi) is 2.09. The van der Waals surface area contributed by atoms with Gasteiger partial charge in [-0.2, -0.15) is 0 Å². The van der Waals surface area contributed by atoms with Crippen molar-refractivity contribution in [3.05, 3.63) is 22.6 Å². The van der Waals surface area contributed by atoms with Gasteiger partial charge in [0.1, 0.15) is 0 Å². The number of halogens is 1. The summed E-state index contributed by atoms with van der Waals surface area (Å²) in [7, 11) is 0. The molecule has 0 spiro atoms. The van der Waals surface area contributed by atoms with Gasteiger partial charge in [0.05, 0.1) is 10.7 Å². The summed E-state index contributed by atoms with van der Waals surface area (Å²) in [5, 5.41) is 8.25. The quantitative estimate of drug-likeness (QED) is 0.601. The molecule has 11 heavy (non-hydrogen) atoms. The van der Waals surface area contributed by atoms with Crippen molar-refractivity contribution in [1.29, 1.82) is 0 Å². The number of furan rings is 1. The van der Waals surface area contributed by atoms with Gasteiger partial charge in [-0.3, -0.25) is 4.79 Å². The number of carboxylic acid groups (broad SMARTS) is 1. The Bertz CT molecular complexity index is 301. The lowest BCUT2D eigenvalue weighted by Gasteiger charge is -1.88. The summed E-state index contributed by atoms with van der Waals surface area (Å²) in [6, 6.07) is 1.45. The van der Waals surface area contributed by atoms with Gasteiger partial charge in [0.15, 0.2) is 5.76 Å². The Morgan fingerprint density at radius 1 is 1.55 bits per heavy atom. The number of aliphatic carboxylic acids is 1. The highest BCUT2D eigenvalue weighted by Gasteiger charge is 2.20. The van der Waals surface area contributed by atoms with Crippen LogP contribution in [0, 0.1) is 0 Å². The summed E-state index contributed by atoms with van der Waals surface area (Å²) >= 11 is 2.96. The maximum absolute atomic E-state index is 10.7. The van der Waals surface area contributed by atoms with E-state index in [0.717, 1.165) is 0 Å². The fourth-order valence-electron chi connectivity index (χ4n) is 0.553. The van der Waals surface area contributed by atoms with Crippen LogP contribution in [0.5, 0.6) is 0 Å². The predicted octanol–water partition coefficient (Wildman–Crippen LogP) is 1.31. The molecule has 0 aromatic carbocycles. The standard InChI is InChI=1S/C6H3BrO4/c7-3-1-2-11-5(3)4(8)6(9)10/h1-2H,(H,9,10). The third-order valence-corrected chi connectivity index (χ3v) is 1.64. The monoisotopic (exact) mass is 218 g/mol. The van der Waals surface area contributed by atoms with Crippen LogP contribution in [0.2, 0.25) is 0 Å². The molecule has 0 radical (unpaired) electrons. The molecule has 0 unspecified atom stereocenters. The number of hydrogen-bond acceptors (Lipinski definition) is 3. The first-order valence-electron chi connectivity index (χ1n) is 2.63. The van der Waals surface area contributed by atoms with Crippen molar-refractivity contribution >= 4 is 27.7 Å². The second-order valence-electron chi connectivity index (χ2n) is 1.73. The smallest absolute Gasteiger partial charge is 0.380 e. The topological polar surface area (TPSA) is 67.5 Å². The van der Waals surface area contributed by atoms with Gasteiger partial charge < -0.3 is 9.52 Å². The highest BCUT2D eigenvalue weighted by Crippen LogP contribution is 2.17. The number of hydrogen-bond donors (Lipinski definition) is 1. The van der Waals surface area contributed by atoms with Gasteiger partial charge in [0, 0.05) is 0 Å². The molecule has 0 saturated heterocycles. The van der Waals surface area contributed by atoms with Gasteiger partial charge in [-0.1, -0.05) is 0 Å². The first kappa shape index (κ1) is 8.00. The molecule has 1 aromatic rings. The average Bonchev–Trinajstić information content (AvgIpc) is 2.33. The van der Waals surface area contributed by atoms with E-state index in [-0.39, 0.29) is 5.76 Å². The highest BCUT2D eigenvalue weighted by molar-refractivity contribution is 9.10. The van der Waals surface area contributed by atoms with E-state index in [2.05, 4.69) is 20.3 Å². The maximum atomic E-state index is 10.7. The third-order valence-electron chi connectivity index (χ3n) is 1.02. The molecule has 1 heterocycles. The van der Waals surface area contributed by atoms with Crippen LogP contribution < -0.4 is 0 Å². The Morgan fingerprint density at radius 3 is 2.55 bits per heavy atom. The fraction of sp³-hybridized carbons (Fsp3) is 0. The number of carbonyl (C=O) groups excluding carboxylic acids is 1. The molecule has 58 valence electrons. The minimum absolute atomic E-state index is 0.183. The summed E-state index contributed by atoms with van der Waals surface area (Å²) in [4.78, 5) is 20.8. The second-order valence-corrected chi connectivity index (χ2v) is 2.59. The van der Waals surface area contributed by atoms with Crippen LogP contribution in [-0.2, 0) is 4.79 Å². The van der Waals surface area contributed by atoms with Crippen molar-refractivity contribution in [2.45, 2.75) is 0 Å². The zero-order chi connectivity index (χ0) is 8.43. The summed E-state index contributed by atoms with van der Waals surface area (Å²) in [6.45, 7) is 0. The largest absolute Gasteiger partial charge is 0.475 e. The lowest BCUT2D eigenvalue weighted by molar-refractivity contribution is -0.131. The van der Waals surface area contributed by atoms with Crippen LogP contribution >= 0.6 is 15.9 Å². The summed E-state index contributed by atoms with van der Waals surface area (Å²) in [5.74, 6) is -2.76. The molecule has 1 N–H and O–H groups in total. The van der Waals surface area contributed by atoms with Crippen LogP contribution in [0.15, 0.2) is 21.2 Å². The van der Waals surface area contributed by atoms with Crippen molar-refractivity contribution in [2.75, 3.05) is 0 Å². The van der Waals surface area contributed by atoms with E-state index in [4.69, 9.17) is 5.11 Å². The van der Waals surface area contributed by atoms with E-state index in [1.54, 1.807) is 0 Å². The number of ketones is 1. The molecule has 1 rings (SSSR count). The van der Waals surface area contributed by atoms with Crippen LogP contribution in [0.4, 0.5) is 0 Å². The Balaban J connectivity index is 3.02. The van der Waals surface area contributed by atoms with E-state index in [9.17, 15) is 9.59 Å². The SMILES string of the molecule is O=C(O)C(=O)c1occc1Br. The highest BCUT2D eigenvalue weighted by atomic mass is 79.9. The molecule has 0 saturated carbocycles. The van der Waals surface area contributed by atoms with Gasteiger partial charge in [-0.05, 0) is 22.0 Å². The van der Waals surface area contributed by atoms with Crippen LogP contribution in [0.1, 0.15) is 10.6 Å². The van der Waals surface area contributed by atoms with Crippen molar-refractivity contribution in [3.8, 4) is 0 Å². The number of Topliss-reactive ketones (excluding diaryl/α,β-unsaturated/α-hetero) is 1. The summed E-state index contributed by atoms with van der Waals surface area (Å²) in [5.41, 5.74) is 0. The second kappa shape index (κ2) is 2.87. The molecule has 0 aliphatic carbocycles. The van der Waals surface area contributed by atoms with E-state index in [1.807, 2.05) is 0 Å². The van der Waals surface area contributed by atoms with Gasteiger partial charge >= 0.3 is 11.8 Å². The molecule has 4 nitrogen and oxygen atoms in total. The first-order valence-corrected chi connectivity index (χ1v) is 3.43. The molecule has 5 heteroatoms. The molecular weight excluding hydrogens is 216 g/mol. The number of carbonyl (C=O) groups is 2. The van der Waals surface area contributed by atoms with E-state index >= 15 is 0 Å². The Morgan fingerprint density at radius 2 is 2.18 bits per heavy atom. The van der Waals surface area contributed by atoms with Gasteiger partial charge in [0.2, 0.25) is 0 Å². The minimum Gasteiger partial charge on any atom is -0.475 e.